The average Bonchev–Trinajstić information content (AvgIpc) is 2.45. The number of benzene rings is 2. The molecule has 2 N–H and O–H groups in total. The van der Waals surface area contributed by atoms with E-state index in [0.29, 0.717) is 25.2 Å². The van der Waals surface area contributed by atoms with E-state index in [1.807, 2.05) is 30.3 Å². The SMILES string of the molecule is C=C(COCc1ccccc1)Cc1cccc(O)c1O. The summed E-state index contributed by atoms with van der Waals surface area (Å²) in [5, 5.41) is 19.1. The minimum absolute atomic E-state index is 0.0864. The summed E-state index contributed by atoms with van der Waals surface area (Å²) in [6, 6.07) is 14.8. The molecule has 0 saturated heterocycles. The van der Waals surface area contributed by atoms with Gasteiger partial charge in [0.2, 0.25) is 0 Å². The van der Waals surface area contributed by atoms with Crippen LogP contribution in [-0.4, -0.2) is 16.8 Å². The van der Waals surface area contributed by atoms with Gasteiger partial charge in [-0.2, -0.15) is 0 Å². The quantitative estimate of drug-likeness (QED) is 0.624. The number of aromatic hydroxyl groups is 2. The van der Waals surface area contributed by atoms with Crippen molar-refractivity contribution in [2.24, 2.45) is 0 Å². The van der Waals surface area contributed by atoms with Gasteiger partial charge in [-0.25, -0.2) is 0 Å². The second kappa shape index (κ2) is 6.78. The topological polar surface area (TPSA) is 49.7 Å². The number of rotatable bonds is 6. The minimum atomic E-state index is -0.111. The number of hydrogen-bond acceptors (Lipinski definition) is 3. The van der Waals surface area contributed by atoms with Gasteiger partial charge in [0.05, 0.1) is 13.2 Å². The van der Waals surface area contributed by atoms with E-state index in [2.05, 4.69) is 6.58 Å². The number of phenolic OH excluding ortho intramolecular Hbond substituents is 2. The number of ether oxygens (including phenoxy) is 1. The van der Waals surface area contributed by atoms with Crippen LogP contribution in [0.2, 0.25) is 0 Å². The van der Waals surface area contributed by atoms with Gasteiger partial charge in [-0.1, -0.05) is 49.0 Å². The molecule has 0 spiro atoms. The van der Waals surface area contributed by atoms with E-state index in [4.69, 9.17) is 4.74 Å². The van der Waals surface area contributed by atoms with Gasteiger partial charge in [0.15, 0.2) is 11.5 Å². The van der Waals surface area contributed by atoms with Crippen LogP contribution in [-0.2, 0) is 17.8 Å². The Morgan fingerprint density at radius 1 is 1.00 bits per heavy atom. The Hall–Kier alpha value is -2.26. The van der Waals surface area contributed by atoms with Gasteiger partial charge in [0.25, 0.3) is 0 Å². The first-order valence-electron chi connectivity index (χ1n) is 6.45. The van der Waals surface area contributed by atoms with Gasteiger partial charge in [-0.15, -0.1) is 0 Å². The molecule has 0 fully saturated rings. The Morgan fingerprint density at radius 3 is 2.50 bits per heavy atom. The Balaban J connectivity index is 1.82. The molecule has 0 amide bonds. The lowest BCUT2D eigenvalue weighted by Crippen LogP contribution is -2.01. The second-order valence-corrected chi connectivity index (χ2v) is 4.69. The predicted molar refractivity (Wildman–Crippen MR) is 78.7 cm³/mol. The third-order valence-corrected chi connectivity index (χ3v) is 2.96. The third-order valence-electron chi connectivity index (χ3n) is 2.96. The summed E-state index contributed by atoms with van der Waals surface area (Å²) in [5.41, 5.74) is 2.61. The summed E-state index contributed by atoms with van der Waals surface area (Å²) in [5.74, 6) is -0.197. The zero-order chi connectivity index (χ0) is 14.4. The highest BCUT2D eigenvalue weighted by atomic mass is 16.5. The van der Waals surface area contributed by atoms with Crippen LogP contribution in [0.25, 0.3) is 0 Å². The molecule has 0 aliphatic heterocycles. The molecule has 0 aromatic heterocycles. The molecule has 0 saturated carbocycles. The van der Waals surface area contributed by atoms with E-state index in [0.717, 1.165) is 11.1 Å². The highest BCUT2D eigenvalue weighted by Crippen LogP contribution is 2.29. The number of para-hydroxylation sites is 1. The van der Waals surface area contributed by atoms with Gasteiger partial charge in [0, 0.05) is 5.56 Å². The van der Waals surface area contributed by atoms with Crippen LogP contribution in [0.4, 0.5) is 0 Å². The monoisotopic (exact) mass is 270 g/mol. The first-order chi connectivity index (χ1) is 9.66. The molecule has 3 nitrogen and oxygen atoms in total. The summed E-state index contributed by atoms with van der Waals surface area (Å²) in [6.45, 7) is 4.89. The lowest BCUT2D eigenvalue weighted by atomic mass is 10.1. The number of hydrogen-bond donors (Lipinski definition) is 2. The molecular weight excluding hydrogens is 252 g/mol. The van der Waals surface area contributed by atoms with E-state index in [1.165, 1.54) is 6.07 Å². The maximum absolute atomic E-state index is 9.72. The maximum atomic E-state index is 9.72. The van der Waals surface area contributed by atoms with Gasteiger partial charge >= 0.3 is 0 Å². The van der Waals surface area contributed by atoms with E-state index >= 15 is 0 Å². The Bertz CT molecular complexity index is 576. The van der Waals surface area contributed by atoms with E-state index < -0.39 is 0 Å². The molecule has 104 valence electrons. The third kappa shape index (κ3) is 3.87. The highest BCUT2D eigenvalue weighted by molar-refractivity contribution is 5.45. The van der Waals surface area contributed by atoms with E-state index in [1.54, 1.807) is 12.1 Å². The molecule has 0 radical (unpaired) electrons. The summed E-state index contributed by atoms with van der Waals surface area (Å²) in [7, 11) is 0. The summed E-state index contributed by atoms with van der Waals surface area (Å²) in [6.07, 6.45) is 0.481. The Morgan fingerprint density at radius 2 is 1.75 bits per heavy atom. The van der Waals surface area contributed by atoms with Crippen molar-refractivity contribution in [1.29, 1.82) is 0 Å². The predicted octanol–water partition coefficient (Wildman–Crippen LogP) is 3.41. The molecule has 3 heteroatoms. The summed E-state index contributed by atoms with van der Waals surface area (Å²) < 4.78 is 5.58. The lowest BCUT2D eigenvalue weighted by molar-refractivity contribution is 0.141. The molecule has 0 bridgehead atoms. The average molecular weight is 270 g/mol. The summed E-state index contributed by atoms with van der Waals surface area (Å²) >= 11 is 0. The Labute approximate surface area is 118 Å². The van der Waals surface area contributed by atoms with Crippen LogP contribution in [0.15, 0.2) is 60.7 Å². The molecule has 0 aliphatic rings. The van der Waals surface area contributed by atoms with Gasteiger partial charge < -0.3 is 14.9 Å². The van der Waals surface area contributed by atoms with Gasteiger partial charge in [-0.05, 0) is 23.6 Å². The fourth-order valence-corrected chi connectivity index (χ4v) is 1.93. The second-order valence-electron chi connectivity index (χ2n) is 4.69. The fourth-order valence-electron chi connectivity index (χ4n) is 1.93. The van der Waals surface area contributed by atoms with Crippen LogP contribution >= 0.6 is 0 Å². The highest BCUT2D eigenvalue weighted by Gasteiger charge is 2.07. The lowest BCUT2D eigenvalue weighted by Gasteiger charge is -2.09. The standard InChI is InChI=1S/C17H18O3/c1-13(10-15-8-5-9-16(18)17(15)19)11-20-12-14-6-3-2-4-7-14/h2-9,18-19H,1,10-12H2. The first-order valence-corrected chi connectivity index (χ1v) is 6.45. The van der Waals surface area contributed by atoms with Crippen LogP contribution in [0, 0.1) is 0 Å². The van der Waals surface area contributed by atoms with Crippen molar-refractivity contribution in [3.05, 3.63) is 71.8 Å². The molecule has 2 aromatic rings. The van der Waals surface area contributed by atoms with Crippen LogP contribution in [0.5, 0.6) is 11.5 Å². The fraction of sp³-hybridized carbons (Fsp3) is 0.176. The molecular formula is C17H18O3. The molecule has 2 rings (SSSR count). The van der Waals surface area contributed by atoms with Crippen molar-refractivity contribution in [2.45, 2.75) is 13.0 Å². The zero-order valence-corrected chi connectivity index (χ0v) is 11.2. The van der Waals surface area contributed by atoms with Crippen LogP contribution in [0.3, 0.4) is 0 Å². The van der Waals surface area contributed by atoms with Gasteiger partial charge in [0.1, 0.15) is 0 Å². The largest absolute Gasteiger partial charge is 0.504 e. The van der Waals surface area contributed by atoms with Crippen molar-refractivity contribution < 1.29 is 14.9 Å². The van der Waals surface area contributed by atoms with Crippen molar-refractivity contribution >= 4 is 0 Å². The maximum Gasteiger partial charge on any atom is 0.160 e. The van der Waals surface area contributed by atoms with Crippen LogP contribution < -0.4 is 0 Å². The van der Waals surface area contributed by atoms with E-state index in [-0.39, 0.29) is 11.5 Å². The molecule has 2 aromatic carbocycles. The van der Waals surface area contributed by atoms with Crippen molar-refractivity contribution in [2.75, 3.05) is 6.61 Å². The number of phenols is 2. The molecule has 0 unspecified atom stereocenters. The normalized spacial score (nSPS) is 10.4. The van der Waals surface area contributed by atoms with Gasteiger partial charge in [-0.3, -0.25) is 0 Å². The zero-order valence-electron chi connectivity index (χ0n) is 11.2. The first kappa shape index (κ1) is 14.2. The van der Waals surface area contributed by atoms with Crippen molar-refractivity contribution in [1.82, 2.24) is 0 Å². The van der Waals surface area contributed by atoms with E-state index in [9.17, 15) is 10.2 Å². The Kier molecular flexibility index (Phi) is 4.80. The smallest absolute Gasteiger partial charge is 0.160 e. The minimum Gasteiger partial charge on any atom is -0.504 e. The van der Waals surface area contributed by atoms with Crippen molar-refractivity contribution in [3.8, 4) is 11.5 Å². The molecule has 0 heterocycles. The molecule has 0 aliphatic carbocycles. The summed E-state index contributed by atoms with van der Waals surface area (Å²) in [4.78, 5) is 0. The van der Waals surface area contributed by atoms with Crippen molar-refractivity contribution in [3.63, 3.8) is 0 Å². The van der Waals surface area contributed by atoms with Crippen LogP contribution in [0.1, 0.15) is 11.1 Å². The molecule has 20 heavy (non-hydrogen) atoms. The molecule has 0 atom stereocenters.